The van der Waals surface area contributed by atoms with E-state index in [-0.39, 0.29) is 24.8 Å². The Hall–Kier alpha value is -2.57. The van der Waals surface area contributed by atoms with E-state index in [9.17, 15) is 19.5 Å². The topological polar surface area (TPSA) is 95.9 Å². The van der Waals surface area contributed by atoms with E-state index in [1.807, 2.05) is 26.0 Å². The number of nitrogens with zero attached hydrogens (tertiary/aromatic N) is 1. The summed E-state index contributed by atoms with van der Waals surface area (Å²) in [6, 6.07) is 7.27. The molecular weight excluding hydrogens is 336 g/mol. The minimum Gasteiger partial charge on any atom is -0.494 e. The minimum atomic E-state index is -0.961. The van der Waals surface area contributed by atoms with Gasteiger partial charge in [0.25, 0.3) is 0 Å². The Kier molecular flexibility index (Phi) is 7.00. The number of carbonyl (C=O) groups excluding carboxylic acids is 2. The van der Waals surface area contributed by atoms with Crippen LogP contribution in [0.25, 0.3) is 0 Å². The molecule has 1 aromatic carbocycles. The molecule has 142 valence electrons. The highest BCUT2D eigenvalue weighted by molar-refractivity contribution is 5.89. The number of benzene rings is 1. The number of rotatable bonds is 9. The van der Waals surface area contributed by atoms with Crippen LogP contribution in [0.1, 0.15) is 25.8 Å². The van der Waals surface area contributed by atoms with E-state index >= 15 is 0 Å². The van der Waals surface area contributed by atoms with Gasteiger partial charge in [-0.3, -0.25) is 14.4 Å². The SMILES string of the molecule is CCOc1ccc(CC(CNC(=O)C2CC(=O)N(CC)C2)C(=O)O)cc1. The summed E-state index contributed by atoms with van der Waals surface area (Å²) < 4.78 is 5.37. The van der Waals surface area contributed by atoms with Gasteiger partial charge in [0.05, 0.1) is 18.4 Å². The number of aliphatic carboxylic acids is 1. The summed E-state index contributed by atoms with van der Waals surface area (Å²) in [5.41, 5.74) is 0.864. The van der Waals surface area contributed by atoms with Gasteiger partial charge in [-0.25, -0.2) is 0 Å². The Morgan fingerprint density at radius 3 is 2.54 bits per heavy atom. The van der Waals surface area contributed by atoms with Gasteiger partial charge in [-0.15, -0.1) is 0 Å². The Bertz CT molecular complexity index is 644. The number of nitrogens with one attached hydrogen (secondary N) is 1. The molecule has 26 heavy (non-hydrogen) atoms. The predicted octanol–water partition coefficient (Wildman–Crippen LogP) is 1.31. The summed E-state index contributed by atoms with van der Waals surface area (Å²) in [5, 5.41) is 12.1. The molecule has 1 aliphatic heterocycles. The van der Waals surface area contributed by atoms with Crippen LogP contribution in [0.4, 0.5) is 0 Å². The first-order chi connectivity index (χ1) is 12.4. The van der Waals surface area contributed by atoms with E-state index in [4.69, 9.17) is 4.74 Å². The largest absolute Gasteiger partial charge is 0.494 e. The van der Waals surface area contributed by atoms with E-state index in [0.717, 1.165) is 11.3 Å². The van der Waals surface area contributed by atoms with Crippen LogP contribution in [0.3, 0.4) is 0 Å². The van der Waals surface area contributed by atoms with Gasteiger partial charge in [0, 0.05) is 26.1 Å². The molecule has 0 aliphatic carbocycles. The number of hydrogen-bond acceptors (Lipinski definition) is 4. The van der Waals surface area contributed by atoms with Gasteiger partial charge in [0.15, 0.2) is 0 Å². The molecule has 0 bridgehead atoms. The Morgan fingerprint density at radius 1 is 1.31 bits per heavy atom. The van der Waals surface area contributed by atoms with Crippen LogP contribution < -0.4 is 10.1 Å². The number of hydrogen-bond donors (Lipinski definition) is 2. The second-order valence-corrected chi connectivity index (χ2v) is 6.39. The molecule has 0 spiro atoms. The van der Waals surface area contributed by atoms with Gasteiger partial charge in [-0.2, -0.15) is 0 Å². The normalized spacial score (nSPS) is 17.8. The number of carbonyl (C=O) groups is 3. The maximum atomic E-state index is 12.2. The lowest BCUT2D eigenvalue weighted by Crippen LogP contribution is -2.38. The molecule has 1 aromatic rings. The highest BCUT2D eigenvalue weighted by Gasteiger charge is 2.33. The quantitative estimate of drug-likeness (QED) is 0.691. The molecular formula is C19H26N2O5. The monoisotopic (exact) mass is 362 g/mol. The van der Waals surface area contributed by atoms with Crippen molar-refractivity contribution >= 4 is 17.8 Å². The molecule has 1 saturated heterocycles. The van der Waals surface area contributed by atoms with Gasteiger partial charge >= 0.3 is 5.97 Å². The van der Waals surface area contributed by atoms with Gasteiger partial charge in [0.2, 0.25) is 11.8 Å². The second kappa shape index (κ2) is 9.22. The smallest absolute Gasteiger partial charge is 0.308 e. The molecule has 0 aromatic heterocycles. The van der Waals surface area contributed by atoms with Gasteiger partial charge in [-0.1, -0.05) is 12.1 Å². The summed E-state index contributed by atoms with van der Waals surface area (Å²) in [5.74, 6) is -1.64. The average molecular weight is 362 g/mol. The van der Waals surface area contributed by atoms with E-state index in [1.54, 1.807) is 17.0 Å². The van der Waals surface area contributed by atoms with E-state index in [1.165, 1.54) is 0 Å². The summed E-state index contributed by atoms with van der Waals surface area (Å²) >= 11 is 0. The molecule has 2 unspecified atom stereocenters. The number of amides is 2. The number of carboxylic acids is 1. The number of likely N-dealkylation sites (tertiary alicyclic amines) is 1. The minimum absolute atomic E-state index is 0.0307. The first kappa shape index (κ1) is 19.8. The molecule has 1 heterocycles. The average Bonchev–Trinajstić information content (AvgIpc) is 3.00. The first-order valence-electron chi connectivity index (χ1n) is 8.94. The number of ether oxygens (including phenoxy) is 1. The maximum Gasteiger partial charge on any atom is 0.308 e. The summed E-state index contributed by atoms with van der Waals surface area (Å²) in [7, 11) is 0. The van der Waals surface area contributed by atoms with E-state index < -0.39 is 17.8 Å². The number of carboxylic acid groups (broad SMARTS) is 1. The second-order valence-electron chi connectivity index (χ2n) is 6.39. The third-order valence-corrected chi connectivity index (χ3v) is 4.56. The lowest BCUT2D eigenvalue weighted by molar-refractivity contribution is -0.141. The molecule has 2 atom stereocenters. The maximum absolute atomic E-state index is 12.2. The molecule has 1 aliphatic rings. The Labute approximate surface area is 153 Å². The van der Waals surface area contributed by atoms with Crippen molar-refractivity contribution < 1.29 is 24.2 Å². The summed E-state index contributed by atoms with van der Waals surface area (Å²) in [4.78, 5) is 37.1. The lowest BCUT2D eigenvalue weighted by atomic mass is 9.98. The van der Waals surface area contributed by atoms with E-state index in [0.29, 0.717) is 26.1 Å². The third kappa shape index (κ3) is 5.21. The van der Waals surface area contributed by atoms with Crippen molar-refractivity contribution in [3.8, 4) is 5.75 Å². The predicted molar refractivity (Wildman–Crippen MR) is 95.8 cm³/mol. The van der Waals surface area contributed by atoms with Gasteiger partial charge in [-0.05, 0) is 38.0 Å². The van der Waals surface area contributed by atoms with Crippen LogP contribution >= 0.6 is 0 Å². The highest BCUT2D eigenvalue weighted by Crippen LogP contribution is 2.18. The Morgan fingerprint density at radius 2 is 2.00 bits per heavy atom. The van der Waals surface area contributed by atoms with Crippen LogP contribution in [0.15, 0.2) is 24.3 Å². The van der Waals surface area contributed by atoms with Crippen LogP contribution in [0, 0.1) is 11.8 Å². The first-order valence-corrected chi connectivity index (χ1v) is 8.94. The zero-order valence-electron chi connectivity index (χ0n) is 15.2. The van der Waals surface area contributed by atoms with Crippen molar-refractivity contribution in [2.75, 3.05) is 26.2 Å². The van der Waals surface area contributed by atoms with Crippen LogP contribution in [-0.4, -0.2) is 54.0 Å². The fourth-order valence-corrected chi connectivity index (χ4v) is 3.04. The van der Waals surface area contributed by atoms with Gasteiger partial charge in [0.1, 0.15) is 5.75 Å². The molecule has 7 nitrogen and oxygen atoms in total. The molecule has 2 rings (SSSR count). The lowest BCUT2D eigenvalue weighted by Gasteiger charge is -2.16. The standard InChI is InChI=1S/C19H26N2O5/c1-3-21-12-15(10-17(21)22)18(23)20-11-14(19(24)25)9-13-5-7-16(8-6-13)26-4-2/h5-8,14-15H,3-4,9-12H2,1-2H3,(H,20,23)(H,24,25). The molecule has 2 N–H and O–H groups in total. The molecule has 7 heteroatoms. The molecule has 1 fully saturated rings. The van der Waals surface area contributed by atoms with Crippen molar-refractivity contribution in [1.29, 1.82) is 0 Å². The van der Waals surface area contributed by atoms with Crippen molar-refractivity contribution in [2.45, 2.75) is 26.7 Å². The third-order valence-electron chi connectivity index (χ3n) is 4.56. The summed E-state index contributed by atoms with van der Waals surface area (Å²) in [6.07, 6.45) is 0.503. The molecule has 0 radical (unpaired) electrons. The van der Waals surface area contributed by atoms with Crippen LogP contribution in [0.5, 0.6) is 5.75 Å². The van der Waals surface area contributed by atoms with Crippen molar-refractivity contribution in [2.24, 2.45) is 11.8 Å². The Balaban J connectivity index is 1.89. The zero-order chi connectivity index (χ0) is 19.1. The summed E-state index contributed by atoms with van der Waals surface area (Å²) in [6.45, 7) is 5.36. The van der Waals surface area contributed by atoms with Crippen molar-refractivity contribution in [1.82, 2.24) is 10.2 Å². The van der Waals surface area contributed by atoms with Crippen LogP contribution in [0.2, 0.25) is 0 Å². The fraction of sp³-hybridized carbons (Fsp3) is 0.526. The van der Waals surface area contributed by atoms with E-state index in [2.05, 4.69) is 5.32 Å². The van der Waals surface area contributed by atoms with Crippen molar-refractivity contribution in [3.63, 3.8) is 0 Å². The molecule has 0 saturated carbocycles. The van der Waals surface area contributed by atoms with Crippen LogP contribution in [-0.2, 0) is 20.8 Å². The van der Waals surface area contributed by atoms with Crippen molar-refractivity contribution in [3.05, 3.63) is 29.8 Å². The highest BCUT2D eigenvalue weighted by atomic mass is 16.5. The fourth-order valence-electron chi connectivity index (χ4n) is 3.04. The molecule has 2 amide bonds. The van der Waals surface area contributed by atoms with Gasteiger partial charge < -0.3 is 20.1 Å². The zero-order valence-corrected chi connectivity index (χ0v) is 15.2.